The average molecular weight is 421 g/mol. The maximum absolute atomic E-state index is 12.3. The first-order valence-electron chi connectivity index (χ1n) is 10.6. The number of benzene rings is 2. The normalized spacial score (nSPS) is 15.9. The van der Waals surface area contributed by atoms with Gasteiger partial charge in [0.15, 0.2) is 0 Å². The number of carboxylic acid groups (broad SMARTS) is 1. The van der Waals surface area contributed by atoms with E-state index in [-0.39, 0.29) is 11.8 Å². The summed E-state index contributed by atoms with van der Waals surface area (Å²) in [7, 11) is 0. The largest absolute Gasteiger partial charge is 0.480 e. The first-order valence-corrected chi connectivity index (χ1v) is 10.6. The molecule has 1 saturated heterocycles. The van der Waals surface area contributed by atoms with Crippen molar-refractivity contribution >= 4 is 34.2 Å². The molecule has 7 nitrogen and oxygen atoms in total. The molecule has 3 aromatic rings. The van der Waals surface area contributed by atoms with Crippen molar-refractivity contribution < 1.29 is 14.7 Å². The Morgan fingerprint density at radius 3 is 2.39 bits per heavy atom. The number of aliphatic carboxylic acids is 1. The highest BCUT2D eigenvalue weighted by molar-refractivity contribution is 5.96. The van der Waals surface area contributed by atoms with Crippen molar-refractivity contribution in [2.24, 2.45) is 5.92 Å². The quantitative estimate of drug-likeness (QED) is 0.566. The Morgan fingerprint density at radius 1 is 1.03 bits per heavy atom. The van der Waals surface area contributed by atoms with Crippen molar-refractivity contribution in [3.8, 4) is 0 Å². The number of carbonyl (C=O) groups excluding carboxylic acids is 1. The van der Waals surface area contributed by atoms with Crippen LogP contribution in [0, 0.1) is 5.92 Å². The Bertz CT molecular complexity index is 1070. The summed E-state index contributed by atoms with van der Waals surface area (Å²) >= 11 is 0. The Kier molecular flexibility index (Phi) is 5.95. The second-order valence-electron chi connectivity index (χ2n) is 8.25. The lowest BCUT2D eigenvalue weighted by molar-refractivity contribution is -0.143. The number of anilines is 2. The zero-order chi connectivity index (χ0) is 22.0. The van der Waals surface area contributed by atoms with Gasteiger partial charge in [0, 0.05) is 66.1 Å². The molecule has 1 aliphatic rings. The van der Waals surface area contributed by atoms with E-state index in [1.807, 2.05) is 55.1 Å². The molecule has 2 heterocycles. The van der Waals surface area contributed by atoms with Crippen molar-refractivity contribution in [3.63, 3.8) is 0 Å². The number of hydrogen-bond acceptors (Lipinski definition) is 4. The average Bonchev–Trinajstić information content (AvgIpc) is 3.17. The van der Waals surface area contributed by atoms with E-state index < -0.39 is 12.0 Å². The summed E-state index contributed by atoms with van der Waals surface area (Å²) in [6.45, 7) is 6.53. The second-order valence-corrected chi connectivity index (χ2v) is 8.25. The lowest BCUT2D eigenvalue weighted by Crippen LogP contribution is -2.49. The Morgan fingerprint density at radius 2 is 1.74 bits per heavy atom. The molecular weight excluding hydrogens is 392 g/mol. The number of amides is 1. The highest BCUT2D eigenvalue weighted by Crippen LogP contribution is 2.32. The molecule has 0 radical (unpaired) electrons. The van der Waals surface area contributed by atoms with Crippen molar-refractivity contribution in [1.82, 2.24) is 9.88 Å². The molecule has 1 fully saturated rings. The third kappa shape index (κ3) is 4.41. The van der Waals surface area contributed by atoms with Crippen LogP contribution in [0.3, 0.4) is 0 Å². The molecule has 0 saturated carbocycles. The van der Waals surface area contributed by atoms with Crippen LogP contribution in [0.2, 0.25) is 0 Å². The Hall–Kier alpha value is -3.32. The van der Waals surface area contributed by atoms with Gasteiger partial charge in [-0.25, -0.2) is 0 Å². The molecule has 0 unspecified atom stereocenters. The highest BCUT2D eigenvalue weighted by atomic mass is 16.4. The summed E-state index contributed by atoms with van der Waals surface area (Å²) in [6, 6.07) is 15.0. The van der Waals surface area contributed by atoms with Crippen LogP contribution in [0.25, 0.3) is 10.9 Å². The van der Waals surface area contributed by atoms with Gasteiger partial charge in [-0.3, -0.25) is 14.5 Å². The topological polar surface area (TPSA) is 88.7 Å². The van der Waals surface area contributed by atoms with E-state index in [0.29, 0.717) is 18.8 Å². The lowest BCUT2D eigenvalue weighted by Gasteiger charge is -2.38. The molecule has 1 amide bonds. The van der Waals surface area contributed by atoms with Crippen LogP contribution in [-0.4, -0.2) is 53.0 Å². The van der Waals surface area contributed by atoms with Crippen molar-refractivity contribution in [3.05, 3.63) is 60.3 Å². The van der Waals surface area contributed by atoms with Crippen molar-refractivity contribution in [2.45, 2.75) is 19.9 Å². The number of nitrogens with one attached hydrogen (secondary N) is 2. The first-order chi connectivity index (χ1) is 14.9. The zero-order valence-electron chi connectivity index (χ0n) is 17.8. The lowest BCUT2D eigenvalue weighted by atomic mass is 10.0. The van der Waals surface area contributed by atoms with E-state index in [9.17, 15) is 14.7 Å². The molecule has 0 spiro atoms. The van der Waals surface area contributed by atoms with Crippen LogP contribution < -0.4 is 10.2 Å². The third-order valence-corrected chi connectivity index (χ3v) is 5.83. The predicted molar refractivity (Wildman–Crippen MR) is 122 cm³/mol. The third-order valence-electron chi connectivity index (χ3n) is 5.83. The highest BCUT2D eigenvalue weighted by Gasteiger charge is 2.32. The van der Waals surface area contributed by atoms with E-state index >= 15 is 0 Å². The minimum Gasteiger partial charge on any atom is -0.480 e. The molecule has 1 aromatic heterocycles. The van der Waals surface area contributed by atoms with Gasteiger partial charge in [0.1, 0.15) is 6.04 Å². The van der Waals surface area contributed by atoms with Crippen LogP contribution in [0.4, 0.5) is 11.4 Å². The van der Waals surface area contributed by atoms with Gasteiger partial charge >= 0.3 is 5.97 Å². The molecule has 31 heavy (non-hydrogen) atoms. The van der Waals surface area contributed by atoms with Crippen molar-refractivity contribution in [2.75, 3.05) is 36.4 Å². The molecule has 0 aliphatic carbocycles. The number of fused-ring (bicyclic) bond motifs is 1. The molecule has 162 valence electrons. The summed E-state index contributed by atoms with van der Waals surface area (Å²) in [6.07, 6.45) is 1.78. The van der Waals surface area contributed by atoms with Gasteiger partial charge in [-0.15, -0.1) is 0 Å². The van der Waals surface area contributed by atoms with E-state index in [4.69, 9.17) is 0 Å². The SMILES string of the molecule is CC(C)C(=O)Nc1ccc2[nH]cc([C@@H](C(=O)O)N3CCN(c4ccccc4)CC3)c2c1. The van der Waals surface area contributed by atoms with E-state index in [2.05, 4.69) is 27.3 Å². The van der Waals surface area contributed by atoms with Crippen LogP contribution in [-0.2, 0) is 9.59 Å². The molecule has 3 N–H and O–H groups in total. The standard InChI is InChI=1S/C24H28N4O3/c1-16(2)23(29)26-17-8-9-21-19(14-17)20(15-25-21)22(24(30)31)28-12-10-27(11-13-28)18-6-4-3-5-7-18/h3-9,14-16,22,25H,10-13H2,1-2H3,(H,26,29)(H,30,31)/t22-/m0/s1. The van der Waals surface area contributed by atoms with E-state index in [1.165, 1.54) is 0 Å². The number of piperazine rings is 1. The van der Waals surface area contributed by atoms with E-state index in [0.717, 1.165) is 35.2 Å². The zero-order valence-corrected chi connectivity index (χ0v) is 17.8. The maximum Gasteiger partial charge on any atom is 0.325 e. The van der Waals surface area contributed by atoms with Crippen molar-refractivity contribution in [1.29, 1.82) is 0 Å². The molecule has 1 aliphatic heterocycles. The van der Waals surface area contributed by atoms with Gasteiger partial charge in [-0.2, -0.15) is 0 Å². The molecular formula is C24H28N4O3. The second kappa shape index (κ2) is 8.81. The summed E-state index contributed by atoms with van der Waals surface area (Å²) in [5.41, 5.74) is 3.40. The van der Waals surface area contributed by atoms with Gasteiger partial charge in [0.25, 0.3) is 0 Å². The summed E-state index contributed by atoms with van der Waals surface area (Å²) < 4.78 is 0. The van der Waals surface area contributed by atoms with Gasteiger partial charge in [0.05, 0.1) is 0 Å². The van der Waals surface area contributed by atoms with Crippen LogP contribution >= 0.6 is 0 Å². The fourth-order valence-corrected chi connectivity index (χ4v) is 4.10. The first kappa shape index (κ1) is 20.9. The van der Waals surface area contributed by atoms with Gasteiger partial charge in [-0.05, 0) is 30.3 Å². The minimum absolute atomic E-state index is 0.0664. The number of H-pyrrole nitrogens is 1. The molecule has 1 atom stereocenters. The van der Waals surface area contributed by atoms with Gasteiger partial charge < -0.3 is 20.3 Å². The molecule has 7 heteroatoms. The van der Waals surface area contributed by atoms with Gasteiger partial charge in [-0.1, -0.05) is 32.0 Å². The summed E-state index contributed by atoms with van der Waals surface area (Å²) in [4.78, 5) is 31.9. The fraction of sp³-hybridized carbons (Fsp3) is 0.333. The molecule has 2 aromatic carbocycles. The number of carboxylic acids is 1. The maximum atomic E-state index is 12.3. The number of aromatic nitrogens is 1. The molecule has 0 bridgehead atoms. The number of nitrogens with zero attached hydrogens (tertiary/aromatic N) is 2. The number of aromatic amines is 1. The smallest absolute Gasteiger partial charge is 0.325 e. The Labute approximate surface area is 181 Å². The predicted octanol–water partition coefficient (Wildman–Crippen LogP) is 3.71. The number of carbonyl (C=O) groups is 2. The number of hydrogen-bond donors (Lipinski definition) is 3. The van der Waals surface area contributed by atoms with E-state index in [1.54, 1.807) is 6.20 Å². The minimum atomic E-state index is -0.870. The van der Waals surface area contributed by atoms with Crippen LogP contribution in [0.1, 0.15) is 25.5 Å². The number of para-hydroxylation sites is 1. The monoisotopic (exact) mass is 420 g/mol. The summed E-state index contributed by atoms with van der Waals surface area (Å²) in [5, 5.41) is 13.8. The Balaban J connectivity index is 1.57. The summed E-state index contributed by atoms with van der Waals surface area (Å²) in [5.74, 6) is -1.07. The van der Waals surface area contributed by atoms with Crippen LogP contribution in [0.5, 0.6) is 0 Å². The fourth-order valence-electron chi connectivity index (χ4n) is 4.10. The number of rotatable bonds is 6. The molecule has 4 rings (SSSR count). The van der Waals surface area contributed by atoms with Crippen LogP contribution in [0.15, 0.2) is 54.7 Å². The van der Waals surface area contributed by atoms with Gasteiger partial charge in [0.2, 0.25) is 5.91 Å².